The van der Waals surface area contributed by atoms with Gasteiger partial charge in [-0.25, -0.2) is 0 Å². The van der Waals surface area contributed by atoms with Crippen molar-refractivity contribution in [3.63, 3.8) is 0 Å². The zero-order chi connectivity index (χ0) is 18.7. The van der Waals surface area contributed by atoms with Crippen molar-refractivity contribution in [3.8, 4) is 0 Å². The van der Waals surface area contributed by atoms with Crippen molar-refractivity contribution in [1.82, 2.24) is 10.2 Å². The number of hydrogen-bond acceptors (Lipinski definition) is 3. The Balaban J connectivity index is 1.90. The molecule has 0 radical (unpaired) electrons. The smallest absolute Gasteiger partial charge is 0.241 e. The average molecular weight is 351 g/mol. The second kappa shape index (κ2) is 7.30. The highest BCUT2D eigenvalue weighted by atomic mass is 16.2. The van der Waals surface area contributed by atoms with E-state index < -0.39 is 17.5 Å². The van der Waals surface area contributed by atoms with Gasteiger partial charge in [0.1, 0.15) is 11.6 Å². The lowest BCUT2D eigenvalue weighted by Crippen LogP contribution is -2.60. The predicted octanol–water partition coefficient (Wildman–Crippen LogP) is 1.65. The molecule has 0 saturated carbocycles. The third-order valence-corrected chi connectivity index (χ3v) is 5.27. The van der Waals surface area contributed by atoms with E-state index in [4.69, 9.17) is 5.73 Å². The number of nitrogens with one attached hydrogen (secondary N) is 1. The van der Waals surface area contributed by atoms with Crippen LogP contribution in [-0.2, 0) is 29.0 Å². The number of nitrogens with two attached hydrogens (primary N) is 1. The molecule has 2 amide bonds. The third-order valence-electron chi connectivity index (χ3n) is 5.27. The SMILES string of the molecule is C[C@H](NC(=O)C1(N(C)Cc2ccccc2)Cc2ccccc2C1)C(N)=O. The van der Waals surface area contributed by atoms with Crippen LogP contribution in [-0.4, -0.2) is 35.3 Å². The van der Waals surface area contributed by atoms with Crippen LogP contribution >= 0.6 is 0 Å². The molecule has 2 aromatic rings. The van der Waals surface area contributed by atoms with Crippen molar-refractivity contribution in [2.75, 3.05) is 7.05 Å². The van der Waals surface area contributed by atoms with Gasteiger partial charge in [-0.3, -0.25) is 14.5 Å². The van der Waals surface area contributed by atoms with Gasteiger partial charge in [0, 0.05) is 19.4 Å². The summed E-state index contributed by atoms with van der Waals surface area (Å²) in [7, 11) is 1.97. The lowest BCUT2D eigenvalue weighted by molar-refractivity contribution is -0.135. The van der Waals surface area contributed by atoms with E-state index in [2.05, 4.69) is 34.5 Å². The molecule has 0 aliphatic heterocycles. The van der Waals surface area contributed by atoms with E-state index in [0.29, 0.717) is 19.4 Å². The third kappa shape index (κ3) is 3.48. The van der Waals surface area contributed by atoms with Gasteiger partial charge in [-0.2, -0.15) is 0 Å². The van der Waals surface area contributed by atoms with Gasteiger partial charge < -0.3 is 11.1 Å². The van der Waals surface area contributed by atoms with Crippen molar-refractivity contribution in [2.45, 2.75) is 37.9 Å². The topological polar surface area (TPSA) is 75.4 Å². The Bertz CT molecular complexity index is 779. The molecule has 136 valence electrons. The number of carbonyl (C=O) groups excluding carboxylic acids is 2. The Morgan fingerprint density at radius 1 is 1.08 bits per heavy atom. The van der Waals surface area contributed by atoms with Crippen LogP contribution in [0.4, 0.5) is 0 Å². The molecular weight excluding hydrogens is 326 g/mol. The maximum Gasteiger partial charge on any atom is 0.241 e. The molecule has 0 heterocycles. The highest BCUT2D eigenvalue weighted by Gasteiger charge is 2.47. The summed E-state index contributed by atoms with van der Waals surface area (Å²) < 4.78 is 0. The first-order valence-corrected chi connectivity index (χ1v) is 8.84. The van der Waals surface area contributed by atoms with E-state index in [0.717, 1.165) is 5.56 Å². The molecule has 5 nitrogen and oxygen atoms in total. The van der Waals surface area contributed by atoms with Crippen LogP contribution in [0.5, 0.6) is 0 Å². The molecule has 0 saturated heterocycles. The van der Waals surface area contributed by atoms with Gasteiger partial charge >= 0.3 is 0 Å². The van der Waals surface area contributed by atoms with Gasteiger partial charge in [-0.15, -0.1) is 0 Å². The van der Waals surface area contributed by atoms with Crippen LogP contribution in [0.15, 0.2) is 54.6 Å². The molecule has 5 heteroatoms. The number of primary amides is 1. The highest BCUT2D eigenvalue weighted by molar-refractivity contribution is 5.92. The van der Waals surface area contributed by atoms with Crippen molar-refractivity contribution in [2.24, 2.45) is 5.73 Å². The summed E-state index contributed by atoms with van der Waals surface area (Å²) in [5, 5.41) is 2.81. The Morgan fingerprint density at radius 2 is 1.62 bits per heavy atom. The standard InChI is InChI=1S/C21H25N3O2/c1-15(19(22)25)23-20(26)21(12-17-10-6-7-11-18(17)13-21)24(2)14-16-8-4-3-5-9-16/h3-11,15H,12-14H2,1-2H3,(H2,22,25)(H,23,26)/t15-/m0/s1. The molecular formula is C21H25N3O2. The van der Waals surface area contributed by atoms with Crippen LogP contribution in [0.25, 0.3) is 0 Å². The van der Waals surface area contributed by atoms with Crippen molar-refractivity contribution >= 4 is 11.8 Å². The van der Waals surface area contributed by atoms with Gasteiger partial charge in [0.05, 0.1) is 0 Å². The fourth-order valence-electron chi connectivity index (χ4n) is 3.61. The summed E-state index contributed by atoms with van der Waals surface area (Å²) in [5.41, 5.74) is 8.10. The molecule has 26 heavy (non-hydrogen) atoms. The molecule has 1 aliphatic carbocycles. The first-order valence-electron chi connectivity index (χ1n) is 8.84. The van der Waals surface area contributed by atoms with E-state index in [1.165, 1.54) is 11.1 Å². The summed E-state index contributed by atoms with van der Waals surface area (Å²) in [6.07, 6.45) is 1.23. The summed E-state index contributed by atoms with van der Waals surface area (Å²) in [4.78, 5) is 26.7. The van der Waals surface area contributed by atoms with Gasteiger partial charge in [0.15, 0.2) is 0 Å². The van der Waals surface area contributed by atoms with Crippen LogP contribution in [0.2, 0.25) is 0 Å². The lowest BCUT2D eigenvalue weighted by atomic mass is 9.91. The number of hydrogen-bond donors (Lipinski definition) is 2. The molecule has 1 aliphatic rings. The Morgan fingerprint density at radius 3 is 2.15 bits per heavy atom. The summed E-state index contributed by atoms with van der Waals surface area (Å²) >= 11 is 0. The average Bonchev–Trinajstić information content (AvgIpc) is 3.03. The molecule has 0 aromatic heterocycles. The molecule has 3 rings (SSSR count). The largest absolute Gasteiger partial charge is 0.368 e. The van der Waals surface area contributed by atoms with Gasteiger partial charge in [0.25, 0.3) is 0 Å². The van der Waals surface area contributed by atoms with Crippen LogP contribution < -0.4 is 11.1 Å². The number of likely N-dealkylation sites (N-methyl/N-ethyl adjacent to an activating group) is 1. The second-order valence-corrected chi connectivity index (χ2v) is 7.09. The molecule has 0 unspecified atom stereocenters. The quantitative estimate of drug-likeness (QED) is 0.831. The maximum absolute atomic E-state index is 13.2. The summed E-state index contributed by atoms with van der Waals surface area (Å²) in [6, 6.07) is 17.5. The normalized spacial score (nSPS) is 16.1. The number of fused-ring (bicyclic) bond motifs is 1. The van der Waals surface area contributed by atoms with Gasteiger partial charge in [-0.05, 0) is 30.7 Å². The zero-order valence-electron chi connectivity index (χ0n) is 15.2. The zero-order valence-corrected chi connectivity index (χ0v) is 15.2. The molecule has 1 atom stereocenters. The molecule has 2 aromatic carbocycles. The monoisotopic (exact) mass is 351 g/mol. The van der Waals surface area contributed by atoms with Crippen molar-refractivity contribution < 1.29 is 9.59 Å². The van der Waals surface area contributed by atoms with Gasteiger partial charge in [0.2, 0.25) is 11.8 Å². The summed E-state index contributed by atoms with van der Waals surface area (Å²) in [5.74, 6) is -0.687. The minimum atomic E-state index is -0.733. The number of rotatable bonds is 6. The predicted molar refractivity (Wildman–Crippen MR) is 101 cm³/mol. The fourth-order valence-corrected chi connectivity index (χ4v) is 3.61. The minimum Gasteiger partial charge on any atom is -0.368 e. The van der Waals surface area contributed by atoms with Crippen LogP contribution in [0, 0.1) is 0 Å². The molecule has 0 spiro atoms. The summed E-state index contributed by atoms with van der Waals surface area (Å²) in [6.45, 7) is 2.26. The number of nitrogens with zero attached hydrogens (tertiary/aromatic N) is 1. The maximum atomic E-state index is 13.2. The Kier molecular flexibility index (Phi) is 5.09. The van der Waals surface area contributed by atoms with Gasteiger partial charge in [-0.1, -0.05) is 54.6 Å². The van der Waals surface area contributed by atoms with E-state index >= 15 is 0 Å². The molecule has 3 N–H and O–H groups in total. The van der Waals surface area contributed by atoms with E-state index in [1.807, 2.05) is 37.4 Å². The van der Waals surface area contributed by atoms with Crippen molar-refractivity contribution in [1.29, 1.82) is 0 Å². The number of carbonyl (C=O) groups is 2. The Hall–Kier alpha value is -2.66. The molecule has 0 fully saturated rings. The van der Waals surface area contributed by atoms with E-state index in [1.54, 1.807) is 6.92 Å². The Labute approximate surface area is 154 Å². The van der Waals surface area contributed by atoms with E-state index in [9.17, 15) is 9.59 Å². The minimum absolute atomic E-state index is 0.154. The van der Waals surface area contributed by atoms with E-state index in [-0.39, 0.29) is 5.91 Å². The number of amides is 2. The molecule has 0 bridgehead atoms. The van der Waals surface area contributed by atoms with Crippen LogP contribution in [0.1, 0.15) is 23.6 Å². The number of benzene rings is 2. The first-order chi connectivity index (χ1) is 12.4. The second-order valence-electron chi connectivity index (χ2n) is 7.09. The fraction of sp³-hybridized carbons (Fsp3) is 0.333. The van der Waals surface area contributed by atoms with Crippen LogP contribution in [0.3, 0.4) is 0 Å². The van der Waals surface area contributed by atoms with Crippen molar-refractivity contribution in [3.05, 3.63) is 71.3 Å². The lowest BCUT2D eigenvalue weighted by Gasteiger charge is -2.38. The highest BCUT2D eigenvalue weighted by Crippen LogP contribution is 2.35. The first kappa shape index (κ1) is 18.1.